The number of allylic oxidation sites excluding steroid dienone is 1. The number of hydrogen-bond acceptors (Lipinski definition) is 5. The van der Waals surface area contributed by atoms with Gasteiger partial charge in [-0.3, -0.25) is 0 Å². The van der Waals surface area contributed by atoms with Crippen LogP contribution in [0.5, 0.6) is 0 Å². The Labute approximate surface area is 185 Å². The molecular formula is C25H19ClN2O3. The van der Waals surface area contributed by atoms with Gasteiger partial charge in [0, 0.05) is 12.0 Å². The summed E-state index contributed by atoms with van der Waals surface area (Å²) in [5.41, 5.74) is 2.78. The van der Waals surface area contributed by atoms with Crippen molar-refractivity contribution in [3.63, 3.8) is 0 Å². The molecule has 0 aromatic carbocycles. The molecule has 3 aliphatic carbocycles. The third-order valence-electron chi connectivity index (χ3n) is 6.82. The highest BCUT2D eigenvalue weighted by Crippen LogP contribution is 2.66. The van der Waals surface area contributed by atoms with E-state index in [0.29, 0.717) is 11.5 Å². The zero-order chi connectivity index (χ0) is 22.3. The summed E-state index contributed by atoms with van der Waals surface area (Å²) in [6.45, 7) is 7.86. The van der Waals surface area contributed by atoms with Crippen molar-refractivity contribution in [3.8, 4) is 23.3 Å². The molecule has 2 atom stereocenters. The molecule has 0 aromatic heterocycles. The molecule has 2 aliphatic heterocycles. The van der Waals surface area contributed by atoms with Crippen LogP contribution in [0.3, 0.4) is 0 Å². The van der Waals surface area contributed by atoms with Crippen LogP contribution in [-0.2, 0) is 26.3 Å². The first-order chi connectivity index (χ1) is 14.7. The lowest BCUT2D eigenvalue weighted by atomic mass is 9.56. The second kappa shape index (κ2) is 6.13. The predicted molar refractivity (Wildman–Crippen MR) is 114 cm³/mol. The predicted octanol–water partition coefficient (Wildman–Crippen LogP) is 5.32. The van der Waals surface area contributed by atoms with Crippen molar-refractivity contribution in [1.29, 1.82) is 10.5 Å². The number of halogens is 1. The van der Waals surface area contributed by atoms with Crippen molar-refractivity contribution in [2.75, 3.05) is 0 Å². The van der Waals surface area contributed by atoms with Gasteiger partial charge in [0.05, 0.1) is 11.6 Å². The van der Waals surface area contributed by atoms with Crippen LogP contribution in [0.4, 0.5) is 0 Å². The highest BCUT2D eigenvalue weighted by molar-refractivity contribution is 6.42. The van der Waals surface area contributed by atoms with E-state index in [-0.39, 0.29) is 28.5 Å². The topological polar surface area (TPSA) is 83.1 Å². The van der Waals surface area contributed by atoms with Crippen molar-refractivity contribution in [2.24, 2.45) is 5.41 Å². The molecule has 0 saturated carbocycles. The smallest absolute Gasteiger partial charge is 0.354 e. The van der Waals surface area contributed by atoms with Crippen LogP contribution in [0.2, 0.25) is 0 Å². The molecule has 5 aliphatic rings. The number of aryl methyl sites for hydroxylation is 1. The number of esters is 1. The first-order valence-electron chi connectivity index (χ1n) is 10.1. The fourth-order valence-electron chi connectivity index (χ4n) is 5.33. The molecular weight excluding hydrogens is 412 g/mol. The van der Waals surface area contributed by atoms with Gasteiger partial charge in [0.1, 0.15) is 11.8 Å². The van der Waals surface area contributed by atoms with Gasteiger partial charge in [0.25, 0.3) is 0 Å². The number of rotatable bonds is 1. The molecule has 5 nitrogen and oxygen atoms in total. The Kier molecular flexibility index (Phi) is 3.89. The summed E-state index contributed by atoms with van der Waals surface area (Å²) >= 11 is 6.35. The molecule has 0 fully saturated rings. The normalized spacial score (nSPS) is 26.3. The zero-order valence-corrected chi connectivity index (χ0v) is 18.3. The second-order valence-corrected chi connectivity index (χ2v) is 9.12. The lowest BCUT2D eigenvalue weighted by Gasteiger charge is -2.49. The number of carbonyl (C=O) groups excluding carboxylic acids is 1. The molecule has 0 aromatic rings. The van der Waals surface area contributed by atoms with E-state index in [1.807, 2.05) is 19.1 Å². The minimum Gasteiger partial charge on any atom is -0.459 e. The van der Waals surface area contributed by atoms with Gasteiger partial charge in [0.15, 0.2) is 16.2 Å². The lowest BCUT2D eigenvalue weighted by Crippen LogP contribution is -2.54. The third kappa shape index (κ3) is 2.12. The van der Waals surface area contributed by atoms with Gasteiger partial charge in [-0.1, -0.05) is 49.7 Å². The van der Waals surface area contributed by atoms with E-state index >= 15 is 0 Å². The number of ether oxygens (including phenoxy) is 2. The van der Waals surface area contributed by atoms with Crippen LogP contribution in [0.1, 0.15) is 48.9 Å². The number of nitrogens with zero attached hydrogens (tertiary/aromatic N) is 2. The van der Waals surface area contributed by atoms with E-state index in [0.717, 1.165) is 27.8 Å². The van der Waals surface area contributed by atoms with Crippen molar-refractivity contribution < 1.29 is 14.3 Å². The van der Waals surface area contributed by atoms with E-state index in [1.165, 1.54) is 0 Å². The standard InChI is InChI=1S/C25H19ClN2O3/c1-12(2)15-5-6-16-9-24(11-28)19(10-27)14(4)30-22-21(26)23(29)31-25(22,24)18-7-13(3)17(8-15)20(16)18/h5-8,12H,9H2,1-4H3/t24-,25+/m0/s1. The van der Waals surface area contributed by atoms with Crippen molar-refractivity contribution in [1.82, 2.24) is 0 Å². The van der Waals surface area contributed by atoms with Gasteiger partial charge in [-0.25, -0.2) is 4.79 Å². The molecule has 0 bridgehead atoms. The molecule has 0 unspecified atom stereocenters. The third-order valence-corrected chi connectivity index (χ3v) is 7.14. The molecule has 6 heteroatoms. The van der Waals surface area contributed by atoms with Crippen LogP contribution in [0.25, 0.3) is 11.1 Å². The molecule has 5 rings (SSSR count). The minimum atomic E-state index is -1.59. The van der Waals surface area contributed by atoms with Crippen LogP contribution in [-0.4, -0.2) is 5.97 Å². The SMILES string of the molecule is CC1=C(C#N)[C@@]2(C#N)Cc3ccc(C(C)C)cc4c(C)cc(c3-4)[C@]23OC(=O)C(Cl)=C3O1. The molecule has 0 N–H and O–H groups in total. The minimum absolute atomic E-state index is 0.102. The highest BCUT2D eigenvalue weighted by atomic mass is 35.5. The van der Waals surface area contributed by atoms with Crippen LogP contribution in [0.15, 0.2) is 46.4 Å². The average molecular weight is 431 g/mol. The Hall–Kier alpha value is -3.28. The highest BCUT2D eigenvalue weighted by Gasteiger charge is 2.71. The second-order valence-electron chi connectivity index (χ2n) is 8.74. The summed E-state index contributed by atoms with van der Waals surface area (Å²) in [6.07, 6.45) is 0.202. The maximum atomic E-state index is 12.7. The maximum absolute atomic E-state index is 12.7. The summed E-state index contributed by atoms with van der Waals surface area (Å²) in [7, 11) is 0. The summed E-state index contributed by atoms with van der Waals surface area (Å²) in [6, 6.07) is 12.7. The molecule has 154 valence electrons. The quantitative estimate of drug-likeness (QED) is 0.572. The zero-order valence-electron chi connectivity index (χ0n) is 17.6. The number of carbonyl (C=O) groups is 1. The van der Waals surface area contributed by atoms with Gasteiger partial charge in [-0.15, -0.1) is 0 Å². The van der Waals surface area contributed by atoms with E-state index < -0.39 is 17.0 Å². The number of nitriles is 2. The monoisotopic (exact) mass is 430 g/mol. The van der Waals surface area contributed by atoms with Crippen molar-refractivity contribution in [3.05, 3.63) is 68.6 Å². The van der Waals surface area contributed by atoms with Crippen LogP contribution < -0.4 is 0 Å². The van der Waals surface area contributed by atoms with Gasteiger partial charge in [-0.05, 0) is 47.6 Å². The van der Waals surface area contributed by atoms with Gasteiger partial charge >= 0.3 is 5.97 Å². The molecule has 2 heterocycles. The Morgan fingerprint density at radius 1 is 1.19 bits per heavy atom. The lowest BCUT2D eigenvalue weighted by molar-refractivity contribution is -0.159. The Bertz CT molecular complexity index is 1320. The largest absolute Gasteiger partial charge is 0.459 e. The average Bonchev–Trinajstić information content (AvgIpc) is 3.09. The van der Waals surface area contributed by atoms with E-state index in [9.17, 15) is 15.3 Å². The fourth-order valence-corrected chi connectivity index (χ4v) is 5.54. The summed E-state index contributed by atoms with van der Waals surface area (Å²) in [4.78, 5) is 12.7. The Morgan fingerprint density at radius 2 is 1.94 bits per heavy atom. The van der Waals surface area contributed by atoms with Crippen LogP contribution >= 0.6 is 11.6 Å². The van der Waals surface area contributed by atoms with E-state index in [2.05, 4.69) is 38.1 Å². The first-order valence-corrected chi connectivity index (χ1v) is 10.5. The van der Waals surface area contributed by atoms with E-state index in [1.54, 1.807) is 6.92 Å². The van der Waals surface area contributed by atoms with E-state index in [4.69, 9.17) is 21.1 Å². The van der Waals surface area contributed by atoms with Crippen LogP contribution in [0, 0.1) is 35.0 Å². The fraction of sp³-hybridized carbons (Fsp3) is 0.320. The van der Waals surface area contributed by atoms with Crippen molar-refractivity contribution in [2.45, 2.75) is 45.6 Å². The molecule has 0 amide bonds. The van der Waals surface area contributed by atoms with Crippen molar-refractivity contribution >= 4 is 17.6 Å². The molecule has 1 spiro atoms. The van der Waals surface area contributed by atoms with Gasteiger partial charge in [0.2, 0.25) is 5.60 Å². The molecule has 31 heavy (non-hydrogen) atoms. The Balaban J connectivity index is 1.97. The molecule has 0 radical (unpaired) electrons. The summed E-state index contributed by atoms with van der Waals surface area (Å²) in [5.74, 6) is -0.0776. The number of hydrogen-bond donors (Lipinski definition) is 0. The summed E-state index contributed by atoms with van der Waals surface area (Å²) < 4.78 is 11.9. The molecule has 0 saturated heterocycles. The Morgan fingerprint density at radius 3 is 2.58 bits per heavy atom. The first kappa shape index (κ1) is 19.7. The maximum Gasteiger partial charge on any atom is 0.354 e. The summed E-state index contributed by atoms with van der Waals surface area (Å²) in [5, 5.41) is 20.4. The van der Waals surface area contributed by atoms with Gasteiger partial charge < -0.3 is 9.47 Å². The van der Waals surface area contributed by atoms with Gasteiger partial charge in [-0.2, -0.15) is 10.5 Å².